The number of nitrogens with zero attached hydrogens (tertiary/aromatic N) is 4. The fourth-order valence-electron chi connectivity index (χ4n) is 2.80. The van der Waals surface area contributed by atoms with Crippen LogP contribution in [0, 0.1) is 17.0 Å². The van der Waals surface area contributed by atoms with E-state index < -0.39 is 4.92 Å². The van der Waals surface area contributed by atoms with E-state index in [1.165, 1.54) is 6.20 Å². The molecule has 1 aromatic rings. The molecule has 116 valence electrons. The third-order valence-corrected chi connectivity index (χ3v) is 3.79. The lowest BCUT2D eigenvalue weighted by Gasteiger charge is -2.41. The van der Waals surface area contributed by atoms with Crippen molar-refractivity contribution in [2.75, 3.05) is 31.1 Å². The molecule has 7 heteroatoms. The molecule has 0 radical (unpaired) electrons. The molecule has 1 N–H and O–H groups in total. The largest absolute Gasteiger partial charge is 0.392 e. The summed E-state index contributed by atoms with van der Waals surface area (Å²) in [7, 11) is 0. The Hall–Kier alpha value is -1.73. The Morgan fingerprint density at radius 2 is 2.29 bits per heavy atom. The van der Waals surface area contributed by atoms with Crippen molar-refractivity contribution in [2.45, 2.75) is 32.9 Å². The van der Waals surface area contributed by atoms with E-state index in [9.17, 15) is 15.2 Å². The summed E-state index contributed by atoms with van der Waals surface area (Å²) in [5.74, 6) is 0.780. The number of aromatic nitrogens is 1. The topological polar surface area (TPSA) is 82.7 Å². The monoisotopic (exact) mass is 294 g/mol. The van der Waals surface area contributed by atoms with Crippen LogP contribution in [0.5, 0.6) is 0 Å². The van der Waals surface area contributed by atoms with E-state index in [2.05, 4.69) is 21.7 Å². The van der Waals surface area contributed by atoms with Gasteiger partial charge in [0.2, 0.25) is 0 Å². The maximum Gasteiger partial charge on any atom is 0.290 e. The van der Waals surface area contributed by atoms with Gasteiger partial charge in [0.25, 0.3) is 5.69 Å². The quantitative estimate of drug-likeness (QED) is 0.663. The Balaban J connectivity index is 2.09. The van der Waals surface area contributed by atoms with Crippen molar-refractivity contribution in [3.63, 3.8) is 0 Å². The summed E-state index contributed by atoms with van der Waals surface area (Å²) < 4.78 is 0. The summed E-state index contributed by atoms with van der Waals surface area (Å²) in [6.07, 6.45) is 1.00. The molecule has 2 unspecified atom stereocenters. The SMILES string of the molecule is Cc1cc(N2CCN(CC(C)O)CC2C)ncc1[N+](=O)[O-]. The number of pyridine rings is 1. The summed E-state index contributed by atoms with van der Waals surface area (Å²) in [6, 6.07) is 2.03. The molecule has 1 fully saturated rings. The molecule has 2 heterocycles. The molecule has 0 aromatic carbocycles. The first kappa shape index (κ1) is 15.7. The van der Waals surface area contributed by atoms with Gasteiger partial charge in [0.05, 0.1) is 11.0 Å². The Morgan fingerprint density at radius 1 is 1.57 bits per heavy atom. The zero-order valence-electron chi connectivity index (χ0n) is 12.7. The highest BCUT2D eigenvalue weighted by Crippen LogP contribution is 2.24. The molecule has 21 heavy (non-hydrogen) atoms. The minimum Gasteiger partial charge on any atom is -0.392 e. The highest BCUT2D eigenvalue weighted by atomic mass is 16.6. The standard InChI is InChI=1S/C14H22N4O3/c1-10-6-14(15-7-13(10)18(20)21)17-5-4-16(8-11(17)2)9-12(3)19/h6-7,11-12,19H,4-5,8-9H2,1-3H3. The number of aryl methyl sites for hydroxylation is 1. The summed E-state index contributed by atoms with van der Waals surface area (Å²) in [4.78, 5) is 19.1. The summed E-state index contributed by atoms with van der Waals surface area (Å²) in [6.45, 7) is 8.81. The summed E-state index contributed by atoms with van der Waals surface area (Å²) in [5, 5.41) is 20.3. The van der Waals surface area contributed by atoms with Gasteiger partial charge in [-0.05, 0) is 26.8 Å². The molecule has 0 bridgehead atoms. The molecular formula is C14H22N4O3. The molecule has 1 aliphatic heterocycles. The van der Waals surface area contributed by atoms with Gasteiger partial charge in [-0.25, -0.2) is 4.98 Å². The molecule has 2 rings (SSSR count). The first-order valence-corrected chi connectivity index (χ1v) is 7.16. The van der Waals surface area contributed by atoms with Crippen molar-refractivity contribution in [2.24, 2.45) is 0 Å². The predicted molar refractivity (Wildman–Crippen MR) is 80.6 cm³/mol. The van der Waals surface area contributed by atoms with Crippen molar-refractivity contribution >= 4 is 11.5 Å². The third kappa shape index (κ3) is 3.68. The Morgan fingerprint density at radius 3 is 2.81 bits per heavy atom. The van der Waals surface area contributed by atoms with Crippen LogP contribution in [0.2, 0.25) is 0 Å². The van der Waals surface area contributed by atoms with Crippen molar-refractivity contribution in [1.82, 2.24) is 9.88 Å². The van der Waals surface area contributed by atoms with Gasteiger partial charge in [0.1, 0.15) is 12.0 Å². The second-order valence-electron chi connectivity index (χ2n) is 5.74. The van der Waals surface area contributed by atoms with Crippen molar-refractivity contribution in [1.29, 1.82) is 0 Å². The van der Waals surface area contributed by atoms with Crippen LogP contribution in [0.3, 0.4) is 0 Å². The van der Waals surface area contributed by atoms with Gasteiger partial charge < -0.3 is 10.0 Å². The van der Waals surface area contributed by atoms with Gasteiger partial charge in [-0.3, -0.25) is 15.0 Å². The summed E-state index contributed by atoms with van der Waals surface area (Å²) >= 11 is 0. The number of β-amino-alcohol motifs (C(OH)–C–C–N with tert-alkyl or cyclic N) is 1. The number of rotatable bonds is 4. The number of hydrogen-bond acceptors (Lipinski definition) is 6. The molecule has 1 aliphatic rings. The lowest BCUT2D eigenvalue weighted by atomic mass is 10.1. The average Bonchev–Trinajstić information content (AvgIpc) is 2.37. The van der Waals surface area contributed by atoms with Crippen LogP contribution in [0.1, 0.15) is 19.4 Å². The molecule has 1 saturated heterocycles. The molecule has 0 amide bonds. The molecule has 1 aromatic heterocycles. The Bertz CT molecular complexity index is 521. The highest BCUT2D eigenvalue weighted by Gasteiger charge is 2.26. The zero-order chi connectivity index (χ0) is 15.6. The number of nitro groups is 1. The van der Waals surface area contributed by atoms with E-state index in [1.807, 2.05) is 0 Å². The van der Waals surface area contributed by atoms with Gasteiger partial charge in [-0.1, -0.05) is 0 Å². The van der Waals surface area contributed by atoms with Crippen molar-refractivity contribution in [3.05, 3.63) is 27.9 Å². The van der Waals surface area contributed by atoms with Crippen molar-refractivity contribution < 1.29 is 10.0 Å². The second-order valence-corrected chi connectivity index (χ2v) is 5.74. The number of hydrogen-bond donors (Lipinski definition) is 1. The van der Waals surface area contributed by atoms with Crippen molar-refractivity contribution in [3.8, 4) is 0 Å². The van der Waals surface area contributed by atoms with Crippen LogP contribution in [0.15, 0.2) is 12.3 Å². The maximum absolute atomic E-state index is 10.8. The van der Waals surface area contributed by atoms with Crippen LogP contribution in [0.4, 0.5) is 11.5 Å². The fraction of sp³-hybridized carbons (Fsp3) is 0.643. The molecule has 0 aliphatic carbocycles. The van der Waals surface area contributed by atoms with E-state index in [0.717, 1.165) is 25.5 Å². The Kier molecular flexibility index (Phi) is 4.74. The van der Waals surface area contributed by atoms with E-state index in [-0.39, 0.29) is 17.8 Å². The normalized spacial score (nSPS) is 21.3. The number of aliphatic hydroxyl groups is 1. The van der Waals surface area contributed by atoms with E-state index >= 15 is 0 Å². The lowest BCUT2D eigenvalue weighted by molar-refractivity contribution is -0.385. The number of aliphatic hydroxyl groups excluding tert-OH is 1. The molecule has 0 saturated carbocycles. The zero-order valence-corrected chi connectivity index (χ0v) is 12.7. The lowest BCUT2D eigenvalue weighted by Crippen LogP contribution is -2.53. The second kappa shape index (κ2) is 6.36. The molecular weight excluding hydrogens is 272 g/mol. The van der Waals surface area contributed by atoms with Gasteiger partial charge in [0.15, 0.2) is 0 Å². The number of anilines is 1. The van der Waals surface area contributed by atoms with Gasteiger partial charge >= 0.3 is 0 Å². The molecule has 2 atom stereocenters. The van der Waals surface area contributed by atoms with E-state index in [4.69, 9.17) is 0 Å². The van der Waals surface area contributed by atoms with Crippen LogP contribution in [0.25, 0.3) is 0 Å². The van der Waals surface area contributed by atoms with E-state index in [0.29, 0.717) is 12.1 Å². The average molecular weight is 294 g/mol. The maximum atomic E-state index is 10.8. The summed E-state index contributed by atoms with van der Waals surface area (Å²) in [5.41, 5.74) is 0.683. The fourth-order valence-corrected chi connectivity index (χ4v) is 2.80. The van der Waals surface area contributed by atoms with Gasteiger partial charge in [-0.2, -0.15) is 0 Å². The number of piperazine rings is 1. The Labute approximate surface area is 124 Å². The highest BCUT2D eigenvalue weighted by molar-refractivity contribution is 5.49. The van der Waals surface area contributed by atoms with Crippen LogP contribution < -0.4 is 4.90 Å². The molecule has 0 spiro atoms. The first-order chi connectivity index (χ1) is 9.88. The smallest absolute Gasteiger partial charge is 0.290 e. The predicted octanol–water partition coefficient (Wildman–Crippen LogP) is 1.19. The molecule has 7 nitrogen and oxygen atoms in total. The first-order valence-electron chi connectivity index (χ1n) is 7.16. The van der Waals surface area contributed by atoms with Crippen LogP contribution >= 0.6 is 0 Å². The minimum absolute atomic E-state index is 0.0548. The van der Waals surface area contributed by atoms with E-state index in [1.54, 1.807) is 19.9 Å². The van der Waals surface area contributed by atoms with Crippen LogP contribution in [-0.4, -0.2) is 58.2 Å². The third-order valence-electron chi connectivity index (χ3n) is 3.79. The van der Waals surface area contributed by atoms with Crippen LogP contribution in [-0.2, 0) is 0 Å². The minimum atomic E-state index is -0.407. The van der Waals surface area contributed by atoms with Gasteiger partial charge in [-0.15, -0.1) is 0 Å². The van der Waals surface area contributed by atoms with Gasteiger partial charge in [0, 0.05) is 37.8 Å².